The Morgan fingerprint density at radius 1 is 1.06 bits per heavy atom. The molecule has 1 aliphatic rings. The number of benzene rings is 3. The van der Waals surface area contributed by atoms with E-state index in [0.29, 0.717) is 21.8 Å². The van der Waals surface area contributed by atoms with E-state index in [1.54, 1.807) is 36.4 Å². The lowest BCUT2D eigenvalue weighted by Gasteiger charge is -2.38. The molecule has 2 aromatic heterocycles. The lowest BCUT2D eigenvalue weighted by Crippen LogP contribution is -2.42. The summed E-state index contributed by atoms with van der Waals surface area (Å²) in [7, 11) is 0. The molecule has 9 nitrogen and oxygen atoms in total. The van der Waals surface area contributed by atoms with Crippen LogP contribution in [0.25, 0.3) is 11.3 Å². The number of aromatic nitrogens is 4. The van der Waals surface area contributed by atoms with E-state index in [-0.39, 0.29) is 12.1 Å². The minimum absolute atomic E-state index is 0.0418. The molecule has 0 saturated carbocycles. The van der Waals surface area contributed by atoms with E-state index in [0.717, 1.165) is 42.9 Å². The van der Waals surface area contributed by atoms with Crippen LogP contribution in [0.15, 0.2) is 84.8 Å². The van der Waals surface area contributed by atoms with Crippen LogP contribution in [0.5, 0.6) is 0 Å². The Kier molecular flexibility index (Phi) is 10.3. The molecule has 0 aliphatic carbocycles. The highest BCUT2D eigenvalue weighted by molar-refractivity contribution is 7.10. The standard InChI is InChI=1S/C36H34F2N6O3S/c1-25(34-42-33(20-48-34)28-9-5-26(18-39)6-10-28)36(21-44-23-40-22-41-44,31-14-13-30(37)17-32(31)38)47-24-46-35(45)29-11-7-27(8-12-29)19-43-15-3-2-4-16-43/h5-14,17,20,22-23,25H,2-4,15-16,19,21,24H2,1H3/t25-,36+/m0/s1. The molecule has 3 aromatic carbocycles. The number of carbonyl (C=O) groups excluding carboxylic acids is 1. The van der Waals surface area contributed by atoms with Gasteiger partial charge in [0.25, 0.3) is 0 Å². The molecule has 48 heavy (non-hydrogen) atoms. The van der Waals surface area contributed by atoms with Crippen LogP contribution >= 0.6 is 11.3 Å². The maximum Gasteiger partial charge on any atom is 0.340 e. The Bertz CT molecular complexity index is 1870. The summed E-state index contributed by atoms with van der Waals surface area (Å²) in [6, 6.07) is 19.7. The molecule has 0 radical (unpaired) electrons. The highest BCUT2D eigenvalue weighted by Crippen LogP contribution is 2.44. The first-order valence-electron chi connectivity index (χ1n) is 15.7. The number of esters is 1. The first-order chi connectivity index (χ1) is 23.3. The summed E-state index contributed by atoms with van der Waals surface area (Å²) in [4.78, 5) is 24.4. The fourth-order valence-electron chi connectivity index (χ4n) is 6.02. The fourth-order valence-corrected chi connectivity index (χ4v) is 6.99. The summed E-state index contributed by atoms with van der Waals surface area (Å²) in [5.74, 6) is -2.82. The quantitative estimate of drug-likeness (QED) is 0.103. The number of nitriles is 1. The number of likely N-dealkylation sites (tertiary alicyclic amines) is 1. The largest absolute Gasteiger partial charge is 0.435 e. The van der Waals surface area contributed by atoms with Gasteiger partial charge < -0.3 is 9.47 Å². The van der Waals surface area contributed by atoms with Crippen molar-refractivity contribution >= 4 is 17.3 Å². The number of ether oxygens (including phenoxy) is 2. The average Bonchev–Trinajstić information content (AvgIpc) is 3.81. The van der Waals surface area contributed by atoms with Gasteiger partial charge >= 0.3 is 5.97 Å². The van der Waals surface area contributed by atoms with Gasteiger partial charge in [-0.2, -0.15) is 10.4 Å². The van der Waals surface area contributed by atoms with Crippen LogP contribution in [0.4, 0.5) is 8.78 Å². The number of rotatable bonds is 12. The number of halogens is 2. The number of hydrogen-bond acceptors (Lipinski definition) is 9. The smallest absolute Gasteiger partial charge is 0.340 e. The third-order valence-electron chi connectivity index (χ3n) is 8.70. The lowest BCUT2D eigenvalue weighted by atomic mass is 9.81. The fraction of sp³-hybridized carbons (Fsp3) is 0.306. The van der Waals surface area contributed by atoms with Gasteiger partial charge in [0.15, 0.2) is 6.79 Å². The van der Waals surface area contributed by atoms with Gasteiger partial charge in [-0.15, -0.1) is 11.3 Å². The number of carbonyl (C=O) groups is 1. The molecule has 0 spiro atoms. The van der Waals surface area contributed by atoms with Gasteiger partial charge in [0.2, 0.25) is 0 Å². The first kappa shape index (κ1) is 33.1. The van der Waals surface area contributed by atoms with Crippen LogP contribution in [0, 0.1) is 23.0 Å². The Labute approximate surface area is 281 Å². The predicted octanol–water partition coefficient (Wildman–Crippen LogP) is 7.07. The van der Waals surface area contributed by atoms with Crippen LogP contribution in [-0.4, -0.2) is 50.5 Å². The van der Waals surface area contributed by atoms with Crippen molar-refractivity contribution in [3.63, 3.8) is 0 Å². The van der Waals surface area contributed by atoms with Crippen LogP contribution in [0.1, 0.15) is 64.2 Å². The monoisotopic (exact) mass is 668 g/mol. The molecule has 1 fully saturated rings. The van der Waals surface area contributed by atoms with Gasteiger partial charge in [-0.25, -0.2) is 28.2 Å². The Morgan fingerprint density at radius 3 is 2.52 bits per heavy atom. The third-order valence-corrected chi connectivity index (χ3v) is 9.73. The maximum atomic E-state index is 15.7. The minimum Gasteiger partial charge on any atom is -0.435 e. The van der Waals surface area contributed by atoms with E-state index in [9.17, 15) is 14.4 Å². The van der Waals surface area contributed by atoms with Crippen LogP contribution < -0.4 is 0 Å². The van der Waals surface area contributed by atoms with Crippen molar-refractivity contribution in [3.05, 3.63) is 124 Å². The SMILES string of the molecule is C[C@@H](c1nc(-c2ccc(C#N)cc2)cs1)[C@@](Cn1cncn1)(OCOC(=O)c1ccc(CN2CCCCC2)cc1)c1ccc(F)cc1F. The second-order valence-electron chi connectivity index (χ2n) is 11.8. The Hall–Kier alpha value is -4.83. The molecular formula is C36H34F2N6O3S. The van der Waals surface area contributed by atoms with Crippen molar-refractivity contribution in [2.45, 2.75) is 50.8 Å². The van der Waals surface area contributed by atoms with E-state index in [1.807, 2.05) is 24.4 Å². The van der Waals surface area contributed by atoms with Gasteiger partial charge in [0.05, 0.1) is 34.4 Å². The molecule has 12 heteroatoms. The summed E-state index contributed by atoms with van der Waals surface area (Å²) in [6.07, 6.45) is 6.47. The molecule has 1 saturated heterocycles. The van der Waals surface area contributed by atoms with Crippen molar-refractivity contribution in [2.24, 2.45) is 0 Å². The number of hydrogen-bond donors (Lipinski definition) is 0. The van der Waals surface area contributed by atoms with Gasteiger partial charge in [-0.05, 0) is 61.8 Å². The summed E-state index contributed by atoms with van der Waals surface area (Å²) in [5, 5.41) is 15.9. The van der Waals surface area contributed by atoms with Crippen LogP contribution in [0.3, 0.4) is 0 Å². The van der Waals surface area contributed by atoms with E-state index in [2.05, 4.69) is 21.1 Å². The van der Waals surface area contributed by atoms with Crippen molar-refractivity contribution in [3.8, 4) is 17.3 Å². The van der Waals surface area contributed by atoms with Crippen molar-refractivity contribution in [1.29, 1.82) is 5.26 Å². The topological polar surface area (TPSA) is 106 Å². The van der Waals surface area contributed by atoms with Gasteiger partial charge in [0.1, 0.15) is 29.9 Å². The van der Waals surface area contributed by atoms with Gasteiger partial charge in [-0.1, -0.05) is 43.7 Å². The van der Waals surface area contributed by atoms with E-state index in [4.69, 9.17) is 14.5 Å². The second kappa shape index (κ2) is 14.9. The molecular weight excluding hydrogens is 634 g/mol. The average molecular weight is 669 g/mol. The zero-order chi connectivity index (χ0) is 33.5. The summed E-state index contributed by atoms with van der Waals surface area (Å²) >= 11 is 1.35. The highest BCUT2D eigenvalue weighted by atomic mass is 32.1. The molecule has 6 rings (SSSR count). The van der Waals surface area contributed by atoms with Gasteiger partial charge in [-0.3, -0.25) is 4.90 Å². The molecule has 2 atom stereocenters. The predicted molar refractivity (Wildman–Crippen MR) is 176 cm³/mol. The molecule has 3 heterocycles. The van der Waals surface area contributed by atoms with Crippen LogP contribution in [0.2, 0.25) is 0 Å². The minimum atomic E-state index is -1.57. The van der Waals surface area contributed by atoms with Crippen molar-refractivity contribution < 1.29 is 23.0 Å². The number of piperidine rings is 1. The first-order valence-corrected chi connectivity index (χ1v) is 16.6. The Morgan fingerprint density at radius 2 is 1.83 bits per heavy atom. The number of thiazole rings is 1. The van der Waals surface area contributed by atoms with E-state index >= 15 is 4.39 Å². The molecule has 0 unspecified atom stereocenters. The van der Waals surface area contributed by atoms with E-state index < -0.39 is 35.9 Å². The molecule has 0 bridgehead atoms. The second-order valence-corrected chi connectivity index (χ2v) is 12.7. The molecule has 0 amide bonds. The van der Waals surface area contributed by atoms with Crippen molar-refractivity contribution in [2.75, 3.05) is 19.9 Å². The molecule has 246 valence electrons. The zero-order valence-corrected chi connectivity index (χ0v) is 27.2. The third kappa shape index (κ3) is 7.49. The molecule has 0 N–H and O–H groups in total. The van der Waals surface area contributed by atoms with E-state index in [1.165, 1.54) is 54.0 Å². The summed E-state index contributed by atoms with van der Waals surface area (Å²) in [6.45, 7) is 4.21. The molecule has 5 aromatic rings. The summed E-state index contributed by atoms with van der Waals surface area (Å²) < 4.78 is 43.4. The number of nitrogens with zero attached hydrogens (tertiary/aromatic N) is 6. The maximum absolute atomic E-state index is 15.7. The Balaban J connectivity index is 1.27. The lowest BCUT2D eigenvalue weighted by molar-refractivity contribution is -0.148. The molecule has 1 aliphatic heterocycles. The van der Waals surface area contributed by atoms with Crippen molar-refractivity contribution in [1.82, 2.24) is 24.6 Å². The summed E-state index contributed by atoms with van der Waals surface area (Å²) in [5.41, 5.74) is 1.93. The zero-order valence-electron chi connectivity index (χ0n) is 26.4. The normalized spacial score (nSPS) is 15.4. The van der Waals surface area contributed by atoms with Gasteiger partial charge in [0, 0.05) is 35.0 Å². The van der Waals surface area contributed by atoms with Crippen LogP contribution in [-0.2, 0) is 28.2 Å². The highest BCUT2D eigenvalue weighted by Gasteiger charge is 2.45.